The molecule has 0 aliphatic carbocycles. The van der Waals surface area contributed by atoms with Gasteiger partial charge in [0, 0.05) is 18.6 Å². The van der Waals surface area contributed by atoms with Crippen LogP contribution < -0.4 is 9.62 Å². The van der Waals surface area contributed by atoms with Gasteiger partial charge in [-0.3, -0.25) is 13.9 Å². The molecule has 168 valence electrons. The summed E-state index contributed by atoms with van der Waals surface area (Å²) in [6.45, 7) is 3.34. The smallest absolute Gasteiger partial charge is 0.244 e. The third-order valence-corrected chi connectivity index (χ3v) is 6.50. The van der Waals surface area contributed by atoms with Crippen molar-refractivity contribution in [2.45, 2.75) is 32.9 Å². The summed E-state index contributed by atoms with van der Waals surface area (Å²) < 4.78 is 26.0. The van der Waals surface area contributed by atoms with Crippen molar-refractivity contribution in [2.75, 3.05) is 24.2 Å². The van der Waals surface area contributed by atoms with E-state index in [0.717, 1.165) is 21.7 Å². The Bertz CT molecular complexity index is 1030. The van der Waals surface area contributed by atoms with Crippen LogP contribution in [0, 0.1) is 6.92 Å². The number of nitrogens with one attached hydrogen (secondary N) is 1. The minimum absolute atomic E-state index is 0.178. The summed E-state index contributed by atoms with van der Waals surface area (Å²) in [6, 6.07) is 13.3. The summed E-state index contributed by atoms with van der Waals surface area (Å²) in [7, 11) is -2.27. The lowest BCUT2D eigenvalue weighted by Crippen LogP contribution is -2.51. The highest BCUT2D eigenvalue weighted by molar-refractivity contribution is 7.92. The zero-order chi connectivity index (χ0) is 23.2. The number of rotatable bonds is 9. The molecule has 31 heavy (non-hydrogen) atoms. The quantitative estimate of drug-likeness (QED) is 0.616. The molecule has 0 fully saturated rings. The molecule has 0 spiro atoms. The van der Waals surface area contributed by atoms with Crippen LogP contribution in [0.1, 0.15) is 24.5 Å². The summed E-state index contributed by atoms with van der Waals surface area (Å²) in [5.74, 6) is -0.794. The third-order valence-electron chi connectivity index (χ3n) is 4.95. The van der Waals surface area contributed by atoms with Gasteiger partial charge in [0.25, 0.3) is 0 Å². The number of hydrogen-bond donors (Lipinski definition) is 1. The number of nitrogens with zero attached hydrogens (tertiary/aromatic N) is 2. The number of hydrogen-bond acceptors (Lipinski definition) is 4. The highest BCUT2D eigenvalue weighted by Gasteiger charge is 2.31. The minimum atomic E-state index is -3.78. The Kier molecular flexibility index (Phi) is 8.47. The predicted octanol–water partition coefficient (Wildman–Crippen LogP) is 2.97. The molecule has 2 rings (SSSR count). The first-order chi connectivity index (χ1) is 14.6. The lowest BCUT2D eigenvalue weighted by molar-refractivity contribution is -0.140. The molecule has 0 bridgehead atoms. The van der Waals surface area contributed by atoms with E-state index < -0.39 is 28.5 Å². The van der Waals surface area contributed by atoms with E-state index in [0.29, 0.717) is 17.1 Å². The van der Waals surface area contributed by atoms with Crippen LogP contribution in [0.3, 0.4) is 0 Å². The molecule has 0 aliphatic heterocycles. The second-order valence-corrected chi connectivity index (χ2v) is 9.56. The highest BCUT2D eigenvalue weighted by Crippen LogP contribution is 2.25. The molecule has 1 unspecified atom stereocenters. The van der Waals surface area contributed by atoms with Crippen LogP contribution in [0.25, 0.3) is 0 Å². The number of carbonyl (C=O) groups excluding carboxylic acids is 2. The van der Waals surface area contributed by atoms with E-state index >= 15 is 0 Å². The molecular formula is C22H28ClN3O4S. The maximum Gasteiger partial charge on any atom is 0.244 e. The number of anilines is 1. The van der Waals surface area contributed by atoms with Crippen LogP contribution in [-0.4, -0.2) is 51.0 Å². The van der Waals surface area contributed by atoms with Gasteiger partial charge in [0.05, 0.1) is 11.9 Å². The Labute approximate surface area is 189 Å². The Morgan fingerprint density at radius 1 is 1.13 bits per heavy atom. The van der Waals surface area contributed by atoms with Gasteiger partial charge in [-0.15, -0.1) is 0 Å². The first-order valence-electron chi connectivity index (χ1n) is 9.87. The van der Waals surface area contributed by atoms with Gasteiger partial charge in [-0.2, -0.15) is 0 Å². The Morgan fingerprint density at radius 3 is 2.29 bits per heavy atom. The molecular weight excluding hydrogens is 438 g/mol. The largest absolute Gasteiger partial charge is 0.357 e. The molecule has 1 N–H and O–H groups in total. The molecule has 0 saturated carbocycles. The highest BCUT2D eigenvalue weighted by atomic mass is 35.5. The van der Waals surface area contributed by atoms with Crippen molar-refractivity contribution >= 4 is 39.1 Å². The van der Waals surface area contributed by atoms with Gasteiger partial charge in [0.1, 0.15) is 12.6 Å². The van der Waals surface area contributed by atoms with Crippen LogP contribution in [0.5, 0.6) is 0 Å². The Balaban J connectivity index is 2.42. The molecule has 0 heterocycles. The Morgan fingerprint density at radius 2 is 1.77 bits per heavy atom. The van der Waals surface area contributed by atoms with Gasteiger partial charge >= 0.3 is 0 Å². The van der Waals surface area contributed by atoms with Crippen LogP contribution >= 0.6 is 11.6 Å². The zero-order valence-electron chi connectivity index (χ0n) is 18.1. The first-order valence-corrected chi connectivity index (χ1v) is 12.1. The summed E-state index contributed by atoms with van der Waals surface area (Å²) in [4.78, 5) is 27.2. The molecule has 0 aliphatic rings. The van der Waals surface area contributed by atoms with E-state index in [2.05, 4.69) is 5.32 Å². The average molecular weight is 466 g/mol. The van der Waals surface area contributed by atoms with Crippen LogP contribution in [0.15, 0.2) is 48.5 Å². The van der Waals surface area contributed by atoms with Crippen LogP contribution in [0.4, 0.5) is 5.69 Å². The lowest BCUT2D eigenvalue weighted by atomic mass is 10.1. The number of sulfonamides is 1. The standard InChI is InChI=1S/C22H28ClN3O4S/c1-5-20(22(28)24-3)25(14-17-9-7-6-8-10-17)21(27)15-26(31(4,29)30)18-12-11-16(2)19(23)13-18/h6-13,20H,5,14-15H2,1-4H3,(H,24,28). The third kappa shape index (κ3) is 6.45. The minimum Gasteiger partial charge on any atom is -0.357 e. The van der Waals surface area contributed by atoms with E-state index in [1.807, 2.05) is 30.3 Å². The molecule has 7 nitrogen and oxygen atoms in total. The van der Waals surface area contributed by atoms with Crippen molar-refractivity contribution in [1.29, 1.82) is 0 Å². The fourth-order valence-electron chi connectivity index (χ4n) is 3.22. The van der Waals surface area contributed by atoms with Crippen molar-refractivity contribution in [3.8, 4) is 0 Å². The van der Waals surface area contributed by atoms with Crippen molar-refractivity contribution < 1.29 is 18.0 Å². The molecule has 2 amide bonds. The number of aryl methyl sites for hydroxylation is 1. The molecule has 0 saturated heterocycles. The van der Waals surface area contributed by atoms with Crippen molar-refractivity contribution in [3.05, 3.63) is 64.7 Å². The SMILES string of the molecule is CCC(C(=O)NC)N(Cc1ccccc1)C(=O)CN(c1ccc(C)c(Cl)c1)S(C)(=O)=O. The van der Waals surface area contributed by atoms with Gasteiger partial charge in [0.15, 0.2) is 0 Å². The van der Waals surface area contributed by atoms with E-state index in [1.54, 1.807) is 26.0 Å². The maximum absolute atomic E-state index is 13.4. The molecule has 2 aromatic carbocycles. The number of benzene rings is 2. The second kappa shape index (κ2) is 10.6. The molecule has 9 heteroatoms. The normalized spacial score (nSPS) is 12.2. The second-order valence-electron chi connectivity index (χ2n) is 7.25. The van der Waals surface area contributed by atoms with Crippen molar-refractivity contribution in [2.24, 2.45) is 0 Å². The summed E-state index contributed by atoms with van der Waals surface area (Å²) in [5, 5.41) is 2.98. The van der Waals surface area contributed by atoms with E-state index in [-0.39, 0.29) is 12.5 Å². The topological polar surface area (TPSA) is 86.8 Å². The fourth-order valence-corrected chi connectivity index (χ4v) is 4.23. The summed E-state index contributed by atoms with van der Waals surface area (Å²) in [5.41, 5.74) is 1.92. The Hall–Kier alpha value is -2.58. The van der Waals surface area contributed by atoms with E-state index in [4.69, 9.17) is 11.6 Å². The van der Waals surface area contributed by atoms with Crippen molar-refractivity contribution in [3.63, 3.8) is 0 Å². The number of halogens is 1. The maximum atomic E-state index is 13.4. The van der Waals surface area contributed by atoms with E-state index in [1.165, 1.54) is 18.0 Å². The van der Waals surface area contributed by atoms with Gasteiger partial charge in [-0.05, 0) is 36.6 Å². The molecule has 2 aromatic rings. The van der Waals surface area contributed by atoms with Gasteiger partial charge in [0.2, 0.25) is 21.8 Å². The predicted molar refractivity (Wildman–Crippen MR) is 124 cm³/mol. The summed E-state index contributed by atoms with van der Waals surface area (Å²) >= 11 is 6.18. The van der Waals surface area contributed by atoms with Crippen LogP contribution in [0.2, 0.25) is 5.02 Å². The summed E-state index contributed by atoms with van der Waals surface area (Å²) in [6.07, 6.45) is 1.42. The van der Waals surface area contributed by atoms with Crippen molar-refractivity contribution in [1.82, 2.24) is 10.2 Å². The fraction of sp³-hybridized carbons (Fsp3) is 0.364. The number of amides is 2. The van der Waals surface area contributed by atoms with Gasteiger partial charge in [-0.25, -0.2) is 8.42 Å². The molecule has 0 aromatic heterocycles. The molecule has 1 atom stereocenters. The van der Waals surface area contributed by atoms with Gasteiger partial charge in [-0.1, -0.05) is 54.9 Å². The number of likely N-dealkylation sites (N-methyl/N-ethyl adjacent to an activating group) is 1. The first kappa shape index (κ1) is 24.7. The number of carbonyl (C=O) groups is 2. The molecule has 0 radical (unpaired) electrons. The monoisotopic (exact) mass is 465 g/mol. The van der Waals surface area contributed by atoms with Crippen LogP contribution in [-0.2, 0) is 26.2 Å². The van der Waals surface area contributed by atoms with E-state index in [9.17, 15) is 18.0 Å². The zero-order valence-corrected chi connectivity index (χ0v) is 19.7. The lowest BCUT2D eigenvalue weighted by Gasteiger charge is -2.32. The average Bonchev–Trinajstić information content (AvgIpc) is 2.73. The van der Waals surface area contributed by atoms with Gasteiger partial charge < -0.3 is 10.2 Å².